The zero-order valence-corrected chi connectivity index (χ0v) is 34.4. The highest BCUT2D eigenvalue weighted by Crippen LogP contribution is 2.33. The van der Waals surface area contributed by atoms with Crippen LogP contribution in [0, 0.1) is 11.3 Å². The summed E-state index contributed by atoms with van der Waals surface area (Å²) in [4.78, 5) is 82.4. The number of ether oxygens (including phenoxy) is 2. The van der Waals surface area contributed by atoms with Crippen molar-refractivity contribution in [3.8, 4) is 11.1 Å². The van der Waals surface area contributed by atoms with E-state index in [9.17, 15) is 33.9 Å². The predicted octanol–water partition coefficient (Wildman–Crippen LogP) is 4.27. The normalized spacial score (nSPS) is 14.2. The Morgan fingerprint density at radius 3 is 2.03 bits per heavy atom. The van der Waals surface area contributed by atoms with Gasteiger partial charge >= 0.3 is 12.1 Å². The van der Waals surface area contributed by atoms with E-state index < -0.39 is 84.3 Å². The summed E-state index contributed by atoms with van der Waals surface area (Å²) in [5.74, 6) is -4.10. The Balaban J connectivity index is 2.12. The molecule has 0 radical (unpaired) electrons. The number of carbonyl (C=O) groups excluding carboxylic acids is 6. The van der Waals surface area contributed by atoms with Crippen molar-refractivity contribution in [2.75, 3.05) is 20.3 Å². The molecular formula is C44H59N5O9. The lowest BCUT2D eigenvalue weighted by atomic mass is 9.73. The topological polar surface area (TPSA) is 206 Å². The maximum Gasteiger partial charge on any atom is 0.417 e. The number of nitrogens with one attached hydrogen (secondary N) is 3. The van der Waals surface area contributed by atoms with Crippen LogP contribution in [0.1, 0.15) is 71.4 Å². The van der Waals surface area contributed by atoms with E-state index in [4.69, 9.17) is 15.2 Å². The van der Waals surface area contributed by atoms with Gasteiger partial charge in [-0.1, -0.05) is 119 Å². The number of carbonyl (C=O) groups is 6. The van der Waals surface area contributed by atoms with E-state index in [0.29, 0.717) is 22.4 Å². The molecule has 314 valence electrons. The van der Waals surface area contributed by atoms with Gasteiger partial charge in [-0.05, 0) is 54.9 Å². The van der Waals surface area contributed by atoms with Crippen molar-refractivity contribution in [2.45, 2.75) is 97.5 Å². The fraction of sp³-hybridized carbons (Fsp3) is 0.455. The number of aliphatic hydroxyl groups excluding tert-OH is 1. The first-order valence-corrected chi connectivity index (χ1v) is 19.7. The Hall–Kier alpha value is -5.60. The van der Waals surface area contributed by atoms with Crippen molar-refractivity contribution >= 4 is 35.7 Å². The molecule has 0 bridgehead atoms. The van der Waals surface area contributed by atoms with Gasteiger partial charge in [-0.15, -0.1) is 0 Å². The third-order valence-electron chi connectivity index (χ3n) is 9.98. The first kappa shape index (κ1) is 46.8. The number of methoxy groups -OCH3 is 1. The second kappa shape index (κ2) is 23.0. The summed E-state index contributed by atoms with van der Waals surface area (Å²) in [5.41, 5.74) is 7.18. The molecule has 58 heavy (non-hydrogen) atoms. The number of amides is 5. The van der Waals surface area contributed by atoms with Gasteiger partial charge < -0.3 is 36.3 Å². The van der Waals surface area contributed by atoms with Crippen molar-refractivity contribution in [2.24, 2.45) is 17.1 Å². The van der Waals surface area contributed by atoms with Crippen molar-refractivity contribution in [1.29, 1.82) is 0 Å². The Bertz CT molecular complexity index is 1820. The minimum Gasteiger partial charge on any atom is -0.467 e. The fourth-order valence-electron chi connectivity index (χ4n) is 6.52. The van der Waals surface area contributed by atoms with Crippen LogP contribution in [0.4, 0.5) is 4.79 Å². The van der Waals surface area contributed by atoms with E-state index in [1.54, 1.807) is 50.2 Å². The number of esters is 1. The minimum absolute atomic E-state index is 0.0667. The van der Waals surface area contributed by atoms with Gasteiger partial charge in [0.05, 0.1) is 19.8 Å². The Morgan fingerprint density at radius 1 is 0.828 bits per heavy atom. The van der Waals surface area contributed by atoms with Crippen LogP contribution in [-0.2, 0) is 46.5 Å². The zero-order valence-electron chi connectivity index (χ0n) is 34.4. The van der Waals surface area contributed by atoms with Gasteiger partial charge in [-0.2, -0.15) is 0 Å². The van der Waals surface area contributed by atoms with Crippen LogP contribution in [0.15, 0.2) is 84.9 Å². The maximum absolute atomic E-state index is 14.5. The quantitative estimate of drug-likeness (QED) is 0.0764. The van der Waals surface area contributed by atoms with E-state index in [-0.39, 0.29) is 19.4 Å². The average Bonchev–Trinajstić information content (AvgIpc) is 3.23. The summed E-state index contributed by atoms with van der Waals surface area (Å²) in [6.07, 6.45) is 1.05. The third kappa shape index (κ3) is 13.0. The number of nitrogens with zero attached hydrogens (tertiary/aromatic N) is 1. The second-order valence-corrected chi connectivity index (χ2v) is 14.9. The molecule has 0 fully saturated rings. The Labute approximate surface area is 341 Å². The summed E-state index contributed by atoms with van der Waals surface area (Å²) in [7, 11) is 1.20. The standard InChI is InChI=1S/C44H59N5O9/c1-7-8-11-24-36(51)47-38(40(53)48-37(29(2)3)42(55)57-6)44(28-50,25-34-22-16-17-23-35(34)33-20-14-10-15-21-33)27-46-39(52)31(5)49(41(54)30(4)45)43(56)58-26-32-18-12-9-13-19-32/h9-10,12-23,29-31,37-38,50H,7-8,11,24-28,45H2,1-6H3,(H,46,52)(H,47,51)(H,48,53)/t30-,31-,37?,38?,44?/m0/s1. The molecule has 3 aromatic carbocycles. The number of unbranched alkanes of at least 4 members (excludes halogenated alkanes) is 2. The van der Waals surface area contributed by atoms with E-state index in [1.165, 1.54) is 21.0 Å². The van der Waals surface area contributed by atoms with Crippen LogP contribution >= 0.6 is 0 Å². The van der Waals surface area contributed by atoms with E-state index in [2.05, 4.69) is 16.0 Å². The van der Waals surface area contributed by atoms with Crippen molar-refractivity contribution in [3.05, 3.63) is 96.1 Å². The SMILES string of the molecule is CCCCCC(=O)NC(C(=O)NC(C(=O)OC)C(C)C)C(CO)(CNC(=O)[C@H](C)N(C(=O)OCc1ccccc1)C(=O)[C@H](C)N)Cc1ccccc1-c1ccccc1. The maximum atomic E-state index is 14.5. The molecule has 0 aliphatic rings. The van der Waals surface area contributed by atoms with Crippen LogP contribution in [0.5, 0.6) is 0 Å². The predicted molar refractivity (Wildman–Crippen MR) is 220 cm³/mol. The highest BCUT2D eigenvalue weighted by molar-refractivity contribution is 6.00. The van der Waals surface area contributed by atoms with Crippen LogP contribution in [0.25, 0.3) is 11.1 Å². The Morgan fingerprint density at radius 2 is 1.45 bits per heavy atom. The van der Waals surface area contributed by atoms with Gasteiger partial charge in [-0.3, -0.25) is 19.2 Å². The van der Waals surface area contributed by atoms with Gasteiger partial charge in [0.2, 0.25) is 23.6 Å². The minimum atomic E-state index is -1.67. The molecule has 0 saturated carbocycles. The van der Waals surface area contributed by atoms with E-state index >= 15 is 0 Å². The molecule has 3 rings (SSSR count). The number of hydrogen-bond acceptors (Lipinski definition) is 10. The first-order valence-electron chi connectivity index (χ1n) is 19.7. The smallest absolute Gasteiger partial charge is 0.417 e. The Kier molecular flexibility index (Phi) is 18.5. The number of hydrogen-bond donors (Lipinski definition) is 5. The molecular weight excluding hydrogens is 743 g/mol. The molecule has 3 unspecified atom stereocenters. The highest BCUT2D eigenvalue weighted by Gasteiger charge is 2.46. The molecule has 3 aromatic rings. The van der Waals surface area contributed by atoms with Gasteiger partial charge in [0, 0.05) is 18.4 Å². The van der Waals surface area contributed by atoms with Crippen LogP contribution in [-0.4, -0.2) is 90.1 Å². The van der Waals surface area contributed by atoms with Gasteiger partial charge in [0.1, 0.15) is 24.7 Å². The lowest BCUT2D eigenvalue weighted by Gasteiger charge is -2.40. The third-order valence-corrected chi connectivity index (χ3v) is 9.98. The number of imide groups is 1. The molecule has 5 amide bonds. The molecule has 14 nitrogen and oxygen atoms in total. The number of aliphatic hydroxyl groups is 1. The number of nitrogens with two attached hydrogens (primary N) is 1. The molecule has 6 N–H and O–H groups in total. The number of benzene rings is 3. The molecule has 14 heteroatoms. The second-order valence-electron chi connectivity index (χ2n) is 14.9. The summed E-state index contributed by atoms with van der Waals surface area (Å²) in [5, 5.41) is 19.8. The van der Waals surface area contributed by atoms with Crippen molar-refractivity contribution in [3.63, 3.8) is 0 Å². The molecule has 0 aliphatic carbocycles. The average molecular weight is 802 g/mol. The van der Waals surface area contributed by atoms with Gasteiger partial charge in [0.25, 0.3) is 0 Å². The molecule has 0 saturated heterocycles. The fourth-order valence-corrected chi connectivity index (χ4v) is 6.52. The summed E-state index contributed by atoms with van der Waals surface area (Å²) >= 11 is 0. The highest BCUT2D eigenvalue weighted by atomic mass is 16.6. The number of rotatable bonds is 21. The molecule has 0 aliphatic heterocycles. The molecule has 0 heterocycles. The summed E-state index contributed by atoms with van der Waals surface area (Å²) in [6.45, 7) is 6.77. The van der Waals surface area contributed by atoms with Crippen LogP contribution in [0.3, 0.4) is 0 Å². The molecule has 5 atom stereocenters. The van der Waals surface area contributed by atoms with Gasteiger partial charge in [-0.25, -0.2) is 14.5 Å². The van der Waals surface area contributed by atoms with Crippen molar-refractivity contribution in [1.82, 2.24) is 20.9 Å². The lowest BCUT2D eigenvalue weighted by molar-refractivity contribution is -0.147. The van der Waals surface area contributed by atoms with Crippen LogP contribution in [0.2, 0.25) is 0 Å². The summed E-state index contributed by atoms with van der Waals surface area (Å²) in [6, 6.07) is 20.3. The largest absolute Gasteiger partial charge is 0.467 e. The van der Waals surface area contributed by atoms with Crippen molar-refractivity contribution < 1.29 is 43.3 Å². The molecule has 0 aromatic heterocycles. The van der Waals surface area contributed by atoms with E-state index in [1.807, 2.05) is 55.5 Å². The van der Waals surface area contributed by atoms with E-state index in [0.717, 1.165) is 24.0 Å². The zero-order chi connectivity index (χ0) is 42.8. The molecule has 0 spiro atoms. The monoisotopic (exact) mass is 801 g/mol. The van der Waals surface area contributed by atoms with Gasteiger partial charge in [0.15, 0.2) is 0 Å². The first-order chi connectivity index (χ1) is 27.7. The lowest BCUT2D eigenvalue weighted by Crippen LogP contribution is -2.64. The van der Waals surface area contributed by atoms with Crippen LogP contribution < -0.4 is 21.7 Å². The summed E-state index contributed by atoms with van der Waals surface area (Å²) < 4.78 is 10.4.